The van der Waals surface area contributed by atoms with E-state index >= 15 is 0 Å². The van der Waals surface area contributed by atoms with Crippen molar-refractivity contribution in [2.24, 2.45) is 0 Å². The highest BCUT2D eigenvalue weighted by Crippen LogP contribution is 2.29. The van der Waals surface area contributed by atoms with Crippen molar-refractivity contribution >= 4 is 17.2 Å². The minimum absolute atomic E-state index is 0.00597. The Bertz CT molecular complexity index is 636. The van der Waals surface area contributed by atoms with Crippen LogP contribution in [0.4, 0.5) is 0 Å². The van der Waals surface area contributed by atoms with Crippen molar-refractivity contribution in [2.45, 2.75) is 33.7 Å². The zero-order valence-electron chi connectivity index (χ0n) is 12.5. The largest absolute Gasteiger partial charge is 0.334 e. The van der Waals surface area contributed by atoms with E-state index in [-0.39, 0.29) is 11.9 Å². The number of carbonyl (C=O) groups excluding carboxylic acids is 1. The first-order chi connectivity index (χ1) is 9.41. The fourth-order valence-corrected chi connectivity index (χ4v) is 3.21. The van der Waals surface area contributed by atoms with E-state index in [1.807, 2.05) is 40.8 Å². The molecule has 0 aliphatic rings. The fourth-order valence-electron chi connectivity index (χ4n) is 2.19. The fraction of sp³-hybridized carbons (Fsp3) is 0.400. The van der Waals surface area contributed by atoms with Crippen LogP contribution >= 0.6 is 11.3 Å². The monoisotopic (exact) mass is 289 g/mol. The second kappa shape index (κ2) is 5.71. The van der Waals surface area contributed by atoms with Gasteiger partial charge in [0.05, 0.1) is 22.3 Å². The molecule has 1 unspecified atom stereocenters. The van der Waals surface area contributed by atoms with Gasteiger partial charge in [-0.3, -0.25) is 9.78 Å². The van der Waals surface area contributed by atoms with Gasteiger partial charge in [-0.2, -0.15) is 0 Å². The van der Waals surface area contributed by atoms with Gasteiger partial charge in [-0.05, 0) is 39.8 Å². The van der Waals surface area contributed by atoms with Crippen molar-refractivity contribution < 1.29 is 4.79 Å². The molecule has 0 aliphatic carbocycles. The number of aromatic nitrogens is 2. The van der Waals surface area contributed by atoms with Gasteiger partial charge in [-0.25, -0.2) is 4.98 Å². The lowest BCUT2D eigenvalue weighted by Gasteiger charge is -2.25. The number of aryl methyl sites for hydroxylation is 3. The molecule has 2 rings (SSSR count). The lowest BCUT2D eigenvalue weighted by Crippen LogP contribution is -2.30. The van der Waals surface area contributed by atoms with Crippen LogP contribution in [0, 0.1) is 20.8 Å². The Morgan fingerprint density at radius 3 is 2.55 bits per heavy atom. The molecule has 0 saturated carbocycles. The topological polar surface area (TPSA) is 46.1 Å². The summed E-state index contributed by atoms with van der Waals surface area (Å²) in [5, 5.41) is 1.03. The van der Waals surface area contributed by atoms with E-state index in [0.29, 0.717) is 5.56 Å². The number of rotatable bonds is 3. The van der Waals surface area contributed by atoms with Crippen LogP contribution in [0.5, 0.6) is 0 Å². The van der Waals surface area contributed by atoms with Crippen molar-refractivity contribution in [3.05, 3.63) is 45.2 Å². The molecule has 0 bridgehead atoms. The Labute approximate surface area is 123 Å². The predicted molar refractivity (Wildman–Crippen MR) is 81.1 cm³/mol. The highest BCUT2D eigenvalue weighted by Gasteiger charge is 2.23. The average Bonchev–Trinajstić information content (AvgIpc) is 2.76. The molecular weight excluding hydrogens is 270 g/mol. The van der Waals surface area contributed by atoms with Gasteiger partial charge < -0.3 is 4.90 Å². The molecule has 5 heteroatoms. The Morgan fingerprint density at radius 1 is 1.30 bits per heavy atom. The molecule has 0 fully saturated rings. The lowest BCUT2D eigenvalue weighted by atomic mass is 10.1. The third-order valence-electron chi connectivity index (χ3n) is 3.46. The third kappa shape index (κ3) is 2.72. The number of nitrogens with zero attached hydrogens (tertiary/aromatic N) is 3. The molecular formula is C15H19N3OS. The van der Waals surface area contributed by atoms with Crippen molar-refractivity contribution in [1.29, 1.82) is 0 Å². The van der Waals surface area contributed by atoms with Crippen LogP contribution in [0.1, 0.15) is 44.6 Å². The summed E-state index contributed by atoms with van der Waals surface area (Å²) in [6.45, 7) is 7.86. The van der Waals surface area contributed by atoms with Gasteiger partial charge in [0.15, 0.2) is 0 Å². The van der Waals surface area contributed by atoms with E-state index in [0.717, 1.165) is 21.3 Å². The number of hydrogen-bond donors (Lipinski definition) is 0. The molecule has 1 amide bonds. The van der Waals surface area contributed by atoms with Crippen LogP contribution in [0.2, 0.25) is 0 Å². The van der Waals surface area contributed by atoms with Gasteiger partial charge in [-0.1, -0.05) is 0 Å². The van der Waals surface area contributed by atoms with Crippen LogP contribution < -0.4 is 0 Å². The molecule has 2 heterocycles. The maximum absolute atomic E-state index is 12.6. The minimum atomic E-state index is -0.00597. The van der Waals surface area contributed by atoms with E-state index in [2.05, 4.69) is 9.97 Å². The average molecular weight is 289 g/mol. The number of pyridine rings is 1. The maximum Gasteiger partial charge on any atom is 0.255 e. The van der Waals surface area contributed by atoms with Crippen molar-refractivity contribution in [2.75, 3.05) is 7.05 Å². The molecule has 4 nitrogen and oxygen atoms in total. The van der Waals surface area contributed by atoms with Gasteiger partial charge in [0, 0.05) is 23.8 Å². The summed E-state index contributed by atoms with van der Waals surface area (Å²) in [6.07, 6.45) is 1.70. The molecule has 20 heavy (non-hydrogen) atoms. The molecule has 0 N–H and O–H groups in total. The predicted octanol–water partition coefficient (Wildman–Crippen LogP) is 3.30. The van der Waals surface area contributed by atoms with Crippen molar-refractivity contribution in [3.8, 4) is 0 Å². The first kappa shape index (κ1) is 14.7. The molecule has 0 aromatic carbocycles. The maximum atomic E-state index is 12.6. The van der Waals surface area contributed by atoms with Gasteiger partial charge >= 0.3 is 0 Å². The summed E-state index contributed by atoms with van der Waals surface area (Å²) < 4.78 is 0. The number of thiazole rings is 1. The molecule has 0 saturated heterocycles. The molecule has 0 spiro atoms. The number of hydrogen-bond acceptors (Lipinski definition) is 4. The summed E-state index contributed by atoms with van der Waals surface area (Å²) in [5.74, 6) is -0.00597. The number of amides is 1. The van der Waals surface area contributed by atoms with E-state index < -0.39 is 0 Å². The van der Waals surface area contributed by atoms with Crippen LogP contribution in [-0.4, -0.2) is 27.8 Å². The lowest BCUT2D eigenvalue weighted by molar-refractivity contribution is 0.0743. The summed E-state index contributed by atoms with van der Waals surface area (Å²) >= 11 is 1.65. The molecule has 0 radical (unpaired) electrons. The molecule has 2 aromatic rings. The first-order valence-electron chi connectivity index (χ1n) is 6.54. The zero-order chi connectivity index (χ0) is 14.9. The standard InChI is InChI=1S/C15H19N3OS/c1-9-13(7-6-8-16-9)15(19)18(5)11(3)14-10(2)17-12(4)20-14/h6-8,11H,1-5H3. The SMILES string of the molecule is Cc1nc(C)c(C(C)N(C)C(=O)c2cccnc2C)s1. The third-order valence-corrected chi connectivity index (χ3v) is 4.70. The van der Waals surface area contributed by atoms with Crippen molar-refractivity contribution in [1.82, 2.24) is 14.9 Å². The van der Waals surface area contributed by atoms with Gasteiger partial charge in [-0.15, -0.1) is 11.3 Å². The van der Waals surface area contributed by atoms with Crippen LogP contribution in [0.15, 0.2) is 18.3 Å². The Hall–Kier alpha value is -1.75. The number of carbonyl (C=O) groups is 1. The van der Waals surface area contributed by atoms with Gasteiger partial charge in [0.25, 0.3) is 5.91 Å². The molecule has 1 atom stereocenters. The van der Waals surface area contributed by atoms with E-state index in [1.165, 1.54) is 0 Å². The van der Waals surface area contributed by atoms with Crippen LogP contribution in [-0.2, 0) is 0 Å². The second-order valence-electron chi connectivity index (χ2n) is 4.91. The summed E-state index contributed by atoms with van der Waals surface area (Å²) in [4.78, 5) is 24.1. The summed E-state index contributed by atoms with van der Waals surface area (Å²) in [6, 6.07) is 3.62. The first-order valence-corrected chi connectivity index (χ1v) is 7.36. The van der Waals surface area contributed by atoms with Crippen molar-refractivity contribution in [3.63, 3.8) is 0 Å². The normalized spacial score (nSPS) is 12.2. The van der Waals surface area contributed by atoms with E-state index in [4.69, 9.17) is 0 Å². The zero-order valence-corrected chi connectivity index (χ0v) is 13.3. The second-order valence-corrected chi connectivity index (χ2v) is 6.15. The van der Waals surface area contributed by atoms with Crippen LogP contribution in [0.25, 0.3) is 0 Å². The molecule has 0 aliphatic heterocycles. The summed E-state index contributed by atoms with van der Waals surface area (Å²) in [5.41, 5.74) is 2.41. The van der Waals surface area contributed by atoms with Gasteiger partial charge in [0.2, 0.25) is 0 Å². The molecule has 2 aromatic heterocycles. The highest BCUT2D eigenvalue weighted by atomic mass is 32.1. The summed E-state index contributed by atoms with van der Waals surface area (Å²) in [7, 11) is 1.83. The molecule has 106 valence electrons. The Balaban J connectivity index is 2.27. The quantitative estimate of drug-likeness (QED) is 0.871. The highest BCUT2D eigenvalue weighted by molar-refractivity contribution is 7.11. The van der Waals surface area contributed by atoms with Crippen LogP contribution in [0.3, 0.4) is 0 Å². The smallest absolute Gasteiger partial charge is 0.255 e. The Morgan fingerprint density at radius 2 is 2.00 bits per heavy atom. The Kier molecular flexibility index (Phi) is 4.18. The minimum Gasteiger partial charge on any atom is -0.334 e. The van der Waals surface area contributed by atoms with E-state index in [9.17, 15) is 4.79 Å². The van der Waals surface area contributed by atoms with Gasteiger partial charge in [0.1, 0.15) is 0 Å². The van der Waals surface area contributed by atoms with E-state index in [1.54, 1.807) is 28.5 Å².